The maximum absolute atomic E-state index is 13.6. The highest BCUT2D eigenvalue weighted by Crippen LogP contribution is 2.27. The quantitative estimate of drug-likeness (QED) is 0.819. The SMILES string of the molecule is COc1ccc(C(=O)CCC(=O)N2C[C@H]3CNC[C@H]3C2)cc1F.Cl. The van der Waals surface area contributed by atoms with E-state index in [9.17, 15) is 14.0 Å². The first kappa shape index (κ1) is 18.7. The van der Waals surface area contributed by atoms with Crippen LogP contribution in [0.15, 0.2) is 18.2 Å². The minimum absolute atomic E-state index is 0. The van der Waals surface area contributed by atoms with Crippen LogP contribution in [0.3, 0.4) is 0 Å². The number of amides is 1. The van der Waals surface area contributed by atoms with Crippen LogP contribution in [0.1, 0.15) is 23.2 Å². The van der Waals surface area contributed by atoms with Crippen molar-refractivity contribution in [3.8, 4) is 5.75 Å². The summed E-state index contributed by atoms with van der Waals surface area (Å²) in [4.78, 5) is 26.2. The van der Waals surface area contributed by atoms with Gasteiger partial charge in [0.05, 0.1) is 7.11 Å². The van der Waals surface area contributed by atoms with Crippen LogP contribution in [0.5, 0.6) is 5.75 Å². The molecule has 132 valence electrons. The zero-order valence-electron chi connectivity index (χ0n) is 13.6. The van der Waals surface area contributed by atoms with Crippen molar-refractivity contribution < 1.29 is 18.7 Å². The summed E-state index contributed by atoms with van der Waals surface area (Å²) in [6.45, 7) is 3.50. The summed E-state index contributed by atoms with van der Waals surface area (Å²) in [6, 6.07) is 4.12. The first-order valence-corrected chi connectivity index (χ1v) is 7.93. The van der Waals surface area contributed by atoms with E-state index < -0.39 is 5.82 Å². The van der Waals surface area contributed by atoms with Crippen LogP contribution in [-0.4, -0.2) is 49.9 Å². The van der Waals surface area contributed by atoms with Gasteiger partial charge in [0.1, 0.15) is 0 Å². The van der Waals surface area contributed by atoms with Gasteiger partial charge in [-0.2, -0.15) is 0 Å². The van der Waals surface area contributed by atoms with Crippen molar-refractivity contribution >= 4 is 24.1 Å². The van der Waals surface area contributed by atoms with E-state index in [1.54, 1.807) is 0 Å². The third-order valence-electron chi connectivity index (χ3n) is 4.78. The fourth-order valence-corrected chi connectivity index (χ4v) is 3.42. The van der Waals surface area contributed by atoms with E-state index in [0.717, 1.165) is 32.2 Å². The number of carbonyl (C=O) groups excluding carboxylic acids is 2. The minimum Gasteiger partial charge on any atom is -0.494 e. The van der Waals surface area contributed by atoms with Crippen LogP contribution in [0.4, 0.5) is 4.39 Å². The molecule has 24 heavy (non-hydrogen) atoms. The number of carbonyl (C=O) groups is 2. The molecule has 1 aromatic rings. The Labute approximate surface area is 146 Å². The van der Waals surface area contributed by atoms with Crippen molar-refractivity contribution in [3.63, 3.8) is 0 Å². The number of ketones is 1. The number of nitrogens with one attached hydrogen (secondary N) is 1. The van der Waals surface area contributed by atoms with E-state index in [2.05, 4.69) is 5.32 Å². The molecule has 1 aromatic carbocycles. The molecule has 1 amide bonds. The Hall–Kier alpha value is -1.66. The summed E-state index contributed by atoms with van der Waals surface area (Å²) in [5.41, 5.74) is 0.276. The molecule has 0 radical (unpaired) electrons. The van der Waals surface area contributed by atoms with Crippen molar-refractivity contribution in [2.75, 3.05) is 33.3 Å². The molecule has 2 fully saturated rings. The van der Waals surface area contributed by atoms with E-state index in [1.165, 1.54) is 19.2 Å². The molecule has 2 atom stereocenters. The average molecular weight is 357 g/mol. The van der Waals surface area contributed by atoms with Crippen LogP contribution < -0.4 is 10.1 Å². The smallest absolute Gasteiger partial charge is 0.223 e. The average Bonchev–Trinajstić information content (AvgIpc) is 3.13. The maximum atomic E-state index is 13.6. The highest BCUT2D eigenvalue weighted by molar-refractivity contribution is 5.98. The number of benzene rings is 1. The molecule has 0 spiro atoms. The fraction of sp³-hybridized carbons (Fsp3) is 0.529. The number of rotatable bonds is 5. The number of methoxy groups -OCH3 is 1. The van der Waals surface area contributed by atoms with Gasteiger partial charge in [0.25, 0.3) is 0 Å². The third kappa shape index (κ3) is 3.87. The standard InChI is InChI=1S/C17H21FN2O3.ClH/c1-23-16-4-2-11(6-14(16)18)15(21)3-5-17(22)20-9-12-7-19-8-13(12)10-20;/h2,4,6,12-13,19H,3,5,7-10H2,1H3;1H/t12-,13+;. The Bertz CT molecular complexity index is 614. The second kappa shape index (κ2) is 7.94. The Kier molecular flexibility index (Phi) is 6.18. The first-order valence-electron chi connectivity index (χ1n) is 7.93. The van der Waals surface area contributed by atoms with Gasteiger partial charge in [-0.15, -0.1) is 12.4 Å². The molecule has 0 saturated carbocycles. The number of fused-ring (bicyclic) bond motifs is 1. The predicted octanol–water partition coefficient (Wildman–Crippen LogP) is 1.90. The number of hydrogen-bond acceptors (Lipinski definition) is 4. The lowest BCUT2D eigenvalue weighted by Crippen LogP contribution is -2.32. The van der Waals surface area contributed by atoms with E-state index in [1.807, 2.05) is 4.90 Å². The van der Waals surface area contributed by atoms with E-state index in [-0.39, 0.29) is 48.3 Å². The topological polar surface area (TPSA) is 58.6 Å². The van der Waals surface area contributed by atoms with Gasteiger partial charge in [-0.3, -0.25) is 9.59 Å². The van der Waals surface area contributed by atoms with Gasteiger partial charge in [0, 0.05) is 44.6 Å². The molecule has 2 saturated heterocycles. The largest absolute Gasteiger partial charge is 0.494 e. The number of ether oxygens (including phenoxy) is 1. The van der Waals surface area contributed by atoms with E-state index >= 15 is 0 Å². The van der Waals surface area contributed by atoms with Gasteiger partial charge in [-0.25, -0.2) is 4.39 Å². The Balaban J connectivity index is 0.00000208. The molecule has 0 unspecified atom stereocenters. The van der Waals surface area contributed by atoms with Crippen molar-refractivity contribution in [3.05, 3.63) is 29.6 Å². The number of halogens is 2. The molecular formula is C17H22ClFN2O3. The van der Waals surface area contributed by atoms with Crippen molar-refractivity contribution in [2.45, 2.75) is 12.8 Å². The summed E-state index contributed by atoms with van der Waals surface area (Å²) in [5.74, 6) is 0.428. The highest BCUT2D eigenvalue weighted by Gasteiger charge is 2.37. The molecule has 3 rings (SSSR count). The Morgan fingerprint density at radius 2 is 1.92 bits per heavy atom. The molecule has 2 aliphatic rings. The summed E-state index contributed by atoms with van der Waals surface area (Å²) in [6.07, 6.45) is 0.286. The van der Waals surface area contributed by atoms with Gasteiger partial charge in [0.15, 0.2) is 17.3 Å². The van der Waals surface area contributed by atoms with Gasteiger partial charge in [-0.1, -0.05) is 0 Å². The molecule has 2 heterocycles. The van der Waals surface area contributed by atoms with Crippen LogP contribution in [0.25, 0.3) is 0 Å². The molecule has 1 N–H and O–H groups in total. The maximum Gasteiger partial charge on any atom is 0.223 e. The molecule has 0 bridgehead atoms. The fourth-order valence-electron chi connectivity index (χ4n) is 3.42. The van der Waals surface area contributed by atoms with Gasteiger partial charge in [-0.05, 0) is 30.0 Å². The third-order valence-corrected chi connectivity index (χ3v) is 4.78. The molecule has 5 nitrogen and oxygen atoms in total. The zero-order valence-corrected chi connectivity index (χ0v) is 14.4. The number of nitrogens with zero attached hydrogens (tertiary/aromatic N) is 1. The second-order valence-corrected chi connectivity index (χ2v) is 6.25. The summed E-state index contributed by atoms with van der Waals surface area (Å²) in [5, 5.41) is 3.33. The monoisotopic (exact) mass is 356 g/mol. The first-order chi connectivity index (χ1) is 11.1. The van der Waals surface area contributed by atoms with Crippen molar-refractivity contribution in [1.82, 2.24) is 10.2 Å². The van der Waals surface area contributed by atoms with E-state index in [0.29, 0.717) is 11.8 Å². The lowest BCUT2D eigenvalue weighted by Gasteiger charge is -2.17. The molecule has 0 aromatic heterocycles. The Morgan fingerprint density at radius 1 is 1.25 bits per heavy atom. The summed E-state index contributed by atoms with van der Waals surface area (Å²) in [7, 11) is 1.37. The summed E-state index contributed by atoms with van der Waals surface area (Å²) >= 11 is 0. The lowest BCUT2D eigenvalue weighted by atomic mass is 10.0. The van der Waals surface area contributed by atoms with Crippen molar-refractivity contribution in [2.24, 2.45) is 11.8 Å². The molecule has 0 aliphatic carbocycles. The van der Waals surface area contributed by atoms with Crippen LogP contribution in [0.2, 0.25) is 0 Å². The highest BCUT2D eigenvalue weighted by atomic mass is 35.5. The molecule has 7 heteroatoms. The number of hydrogen-bond donors (Lipinski definition) is 1. The van der Waals surface area contributed by atoms with Gasteiger partial charge in [0.2, 0.25) is 5.91 Å². The Morgan fingerprint density at radius 3 is 2.50 bits per heavy atom. The molecular weight excluding hydrogens is 335 g/mol. The summed E-state index contributed by atoms with van der Waals surface area (Å²) < 4.78 is 18.5. The van der Waals surface area contributed by atoms with Crippen molar-refractivity contribution in [1.29, 1.82) is 0 Å². The number of Topliss-reactive ketones (excluding diaryl/α,β-unsaturated/α-hetero) is 1. The van der Waals surface area contributed by atoms with Crippen LogP contribution in [-0.2, 0) is 4.79 Å². The second-order valence-electron chi connectivity index (χ2n) is 6.25. The molecule has 2 aliphatic heterocycles. The normalized spacial score (nSPS) is 22.0. The number of likely N-dealkylation sites (tertiary alicyclic amines) is 1. The van der Waals surface area contributed by atoms with Crippen LogP contribution in [0, 0.1) is 17.7 Å². The lowest BCUT2D eigenvalue weighted by molar-refractivity contribution is -0.130. The van der Waals surface area contributed by atoms with Gasteiger partial charge >= 0.3 is 0 Å². The predicted molar refractivity (Wildman–Crippen MR) is 90.2 cm³/mol. The minimum atomic E-state index is -0.565. The van der Waals surface area contributed by atoms with Crippen LogP contribution >= 0.6 is 12.4 Å². The van der Waals surface area contributed by atoms with Gasteiger partial charge < -0.3 is 15.0 Å². The van der Waals surface area contributed by atoms with E-state index in [4.69, 9.17) is 4.74 Å². The zero-order chi connectivity index (χ0) is 16.4.